The van der Waals surface area contributed by atoms with E-state index in [0.717, 1.165) is 33.9 Å². The van der Waals surface area contributed by atoms with Crippen molar-refractivity contribution in [2.24, 2.45) is 12.0 Å². The number of aryl methyl sites for hydroxylation is 3. The van der Waals surface area contributed by atoms with Crippen LogP contribution < -0.4 is 10.6 Å². The van der Waals surface area contributed by atoms with Crippen LogP contribution in [-0.4, -0.2) is 25.7 Å². The highest BCUT2D eigenvalue weighted by atomic mass is 32.1. The van der Waals surface area contributed by atoms with E-state index in [2.05, 4.69) is 44.9 Å². The molecular formula is C19H25N7S. The summed E-state index contributed by atoms with van der Waals surface area (Å²) in [6.45, 7) is 7.85. The van der Waals surface area contributed by atoms with Gasteiger partial charge in [0, 0.05) is 11.9 Å². The van der Waals surface area contributed by atoms with Crippen LogP contribution in [0.3, 0.4) is 0 Å². The van der Waals surface area contributed by atoms with E-state index in [9.17, 15) is 0 Å². The third kappa shape index (κ3) is 5.13. The molecule has 0 aliphatic carbocycles. The number of hydrogen-bond acceptors (Lipinski definition) is 5. The molecule has 0 aliphatic heterocycles. The number of thiazole rings is 1. The summed E-state index contributed by atoms with van der Waals surface area (Å²) in [6, 6.07) is 10.2. The van der Waals surface area contributed by atoms with Crippen LogP contribution in [0, 0.1) is 20.8 Å². The van der Waals surface area contributed by atoms with E-state index in [1.54, 1.807) is 11.3 Å². The number of aliphatic imine (C=N–C) groups is 1. The predicted octanol–water partition coefficient (Wildman–Crippen LogP) is 2.63. The summed E-state index contributed by atoms with van der Waals surface area (Å²) in [6.07, 6.45) is 0. The number of guanidine groups is 1. The molecule has 0 saturated heterocycles. The van der Waals surface area contributed by atoms with Crippen molar-refractivity contribution >= 4 is 17.3 Å². The number of benzene rings is 1. The highest BCUT2D eigenvalue weighted by molar-refractivity contribution is 7.11. The van der Waals surface area contributed by atoms with Crippen molar-refractivity contribution in [1.82, 2.24) is 30.4 Å². The molecule has 7 nitrogen and oxygen atoms in total. The van der Waals surface area contributed by atoms with Gasteiger partial charge in [0.15, 0.2) is 11.8 Å². The van der Waals surface area contributed by atoms with Crippen LogP contribution in [0.25, 0.3) is 0 Å². The van der Waals surface area contributed by atoms with Crippen LogP contribution in [-0.2, 0) is 26.7 Å². The van der Waals surface area contributed by atoms with Crippen LogP contribution >= 0.6 is 11.3 Å². The molecule has 27 heavy (non-hydrogen) atoms. The number of nitrogens with one attached hydrogen (secondary N) is 2. The minimum atomic E-state index is 0.549. The molecule has 0 aliphatic rings. The molecular weight excluding hydrogens is 358 g/mol. The molecule has 1 aromatic carbocycles. The molecule has 142 valence electrons. The van der Waals surface area contributed by atoms with Crippen molar-refractivity contribution < 1.29 is 0 Å². The first kappa shape index (κ1) is 19.0. The first-order valence-corrected chi connectivity index (χ1v) is 9.68. The Balaban J connectivity index is 1.68. The van der Waals surface area contributed by atoms with Gasteiger partial charge < -0.3 is 15.2 Å². The quantitative estimate of drug-likeness (QED) is 0.505. The first-order valence-electron chi connectivity index (χ1n) is 8.87. The molecule has 2 aromatic heterocycles. The Hall–Kier alpha value is -2.74. The summed E-state index contributed by atoms with van der Waals surface area (Å²) in [7, 11) is 1.96. The monoisotopic (exact) mass is 383 g/mol. The van der Waals surface area contributed by atoms with E-state index in [1.807, 2.05) is 43.7 Å². The van der Waals surface area contributed by atoms with E-state index < -0.39 is 0 Å². The highest BCUT2D eigenvalue weighted by Crippen LogP contribution is 2.15. The maximum absolute atomic E-state index is 4.70. The lowest BCUT2D eigenvalue weighted by atomic mass is 10.2. The van der Waals surface area contributed by atoms with Crippen molar-refractivity contribution in [3.8, 4) is 0 Å². The molecule has 0 amide bonds. The van der Waals surface area contributed by atoms with Gasteiger partial charge in [0.05, 0.1) is 25.3 Å². The summed E-state index contributed by atoms with van der Waals surface area (Å²) < 4.78 is 1.97. The van der Waals surface area contributed by atoms with Gasteiger partial charge in [-0.15, -0.1) is 21.5 Å². The average Bonchev–Trinajstić information content (AvgIpc) is 3.17. The van der Waals surface area contributed by atoms with Crippen LogP contribution in [0.1, 0.15) is 32.8 Å². The molecule has 0 saturated carbocycles. The normalized spacial score (nSPS) is 11.6. The molecule has 3 rings (SSSR count). The Morgan fingerprint density at radius 3 is 2.44 bits per heavy atom. The highest BCUT2D eigenvalue weighted by Gasteiger charge is 2.08. The lowest BCUT2D eigenvalue weighted by Gasteiger charge is -2.12. The van der Waals surface area contributed by atoms with Crippen molar-refractivity contribution in [1.29, 1.82) is 0 Å². The van der Waals surface area contributed by atoms with Crippen molar-refractivity contribution in [2.45, 2.75) is 40.4 Å². The van der Waals surface area contributed by atoms with Gasteiger partial charge in [-0.1, -0.05) is 30.3 Å². The van der Waals surface area contributed by atoms with Gasteiger partial charge in [-0.05, 0) is 26.3 Å². The Morgan fingerprint density at radius 1 is 1.07 bits per heavy atom. The van der Waals surface area contributed by atoms with E-state index in [0.29, 0.717) is 19.6 Å². The largest absolute Gasteiger partial charge is 0.350 e. The Bertz CT molecular complexity index is 892. The maximum atomic E-state index is 4.70. The van der Waals surface area contributed by atoms with Crippen molar-refractivity contribution in [2.75, 3.05) is 0 Å². The molecule has 0 atom stereocenters. The molecule has 2 heterocycles. The smallest absolute Gasteiger partial charge is 0.192 e. The van der Waals surface area contributed by atoms with E-state index in [-0.39, 0.29) is 0 Å². The molecule has 0 fully saturated rings. The fourth-order valence-corrected chi connectivity index (χ4v) is 3.34. The van der Waals surface area contributed by atoms with Crippen molar-refractivity contribution in [3.05, 3.63) is 63.1 Å². The zero-order valence-electron chi connectivity index (χ0n) is 16.2. The lowest BCUT2D eigenvalue weighted by Crippen LogP contribution is -2.37. The number of hydrogen-bond donors (Lipinski definition) is 2. The van der Waals surface area contributed by atoms with Gasteiger partial charge in [-0.25, -0.2) is 9.98 Å². The average molecular weight is 384 g/mol. The summed E-state index contributed by atoms with van der Waals surface area (Å²) in [5.74, 6) is 2.48. The third-order valence-corrected chi connectivity index (χ3v) is 5.41. The summed E-state index contributed by atoms with van der Waals surface area (Å²) >= 11 is 1.71. The van der Waals surface area contributed by atoms with Crippen LogP contribution in [0.5, 0.6) is 0 Å². The summed E-state index contributed by atoms with van der Waals surface area (Å²) in [4.78, 5) is 10.5. The lowest BCUT2D eigenvalue weighted by molar-refractivity contribution is 0.713. The molecule has 3 aromatic rings. The van der Waals surface area contributed by atoms with E-state index in [4.69, 9.17) is 4.99 Å². The Labute approximate surface area is 163 Å². The number of rotatable bonds is 6. The van der Waals surface area contributed by atoms with Crippen LogP contribution in [0.4, 0.5) is 0 Å². The minimum Gasteiger partial charge on any atom is -0.350 e. The Kier molecular flexibility index (Phi) is 6.18. The predicted molar refractivity (Wildman–Crippen MR) is 109 cm³/mol. The zero-order chi connectivity index (χ0) is 19.2. The summed E-state index contributed by atoms with van der Waals surface area (Å²) in [5.41, 5.74) is 2.25. The van der Waals surface area contributed by atoms with Gasteiger partial charge in [0.2, 0.25) is 0 Å². The Morgan fingerprint density at radius 2 is 1.81 bits per heavy atom. The number of nitrogens with zero attached hydrogens (tertiary/aromatic N) is 5. The number of aromatic nitrogens is 4. The third-order valence-electron chi connectivity index (χ3n) is 4.34. The molecule has 8 heteroatoms. The molecule has 0 radical (unpaired) electrons. The van der Waals surface area contributed by atoms with E-state index in [1.165, 1.54) is 4.88 Å². The fraction of sp³-hybridized carbons (Fsp3) is 0.368. The van der Waals surface area contributed by atoms with Gasteiger partial charge >= 0.3 is 0 Å². The fourth-order valence-electron chi connectivity index (χ4n) is 2.47. The van der Waals surface area contributed by atoms with Crippen LogP contribution in [0.15, 0.2) is 35.3 Å². The molecule has 2 N–H and O–H groups in total. The molecule has 0 spiro atoms. The second-order valence-electron chi connectivity index (χ2n) is 6.33. The van der Waals surface area contributed by atoms with Gasteiger partial charge in [-0.2, -0.15) is 0 Å². The van der Waals surface area contributed by atoms with Gasteiger partial charge in [0.1, 0.15) is 10.8 Å². The van der Waals surface area contributed by atoms with E-state index >= 15 is 0 Å². The van der Waals surface area contributed by atoms with Crippen molar-refractivity contribution in [3.63, 3.8) is 0 Å². The van der Waals surface area contributed by atoms with Crippen LogP contribution in [0.2, 0.25) is 0 Å². The molecule has 0 bridgehead atoms. The second kappa shape index (κ2) is 8.77. The summed E-state index contributed by atoms with van der Waals surface area (Å²) in [5, 5.41) is 16.1. The second-order valence-corrected chi connectivity index (χ2v) is 7.62. The first-order chi connectivity index (χ1) is 13.0. The topological polar surface area (TPSA) is 80.0 Å². The SMILES string of the molecule is Cc1nc(CNC(=NCc2ccccc2)NCc2nnc(C)n2C)sc1C. The maximum Gasteiger partial charge on any atom is 0.192 e. The zero-order valence-corrected chi connectivity index (χ0v) is 17.0. The minimum absolute atomic E-state index is 0.549. The standard InChI is InChI=1S/C19H25N7S/c1-13-14(2)27-18(23-13)12-22-19(20-10-16-8-6-5-7-9-16)21-11-17-25-24-15(3)26(17)4/h5-9H,10-12H2,1-4H3,(H2,20,21,22). The van der Waals surface area contributed by atoms with Gasteiger partial charge in [-0.3, -0.25) is 0 Å². The molecule has 0 unspecified atom stereocenters. The van der Waals surface area contributed by atoms with Gasteiger partial charge in [0.25, 0.3) is 0 Å².